The zero-order valence-electron chi connectivity index (χ0n) is 14.0. The lowest BCUT2D eigenvalue weighted by molar-refractivity contribution is -0.384. The van der Waals surface area contributed by atoms with Gasteiger partial charge in [0.2, 0.25) is 0 Å². The van der Waals surface area contributed by atoms with Crippen molar-refractivity contribution >= 4 is 40.5 Å². The Morgan fingerprint density at radius 3 is 2.71 bits per heavy atom. The number of halogens is 2. The van der Waals surface area contributed by atoms with Gasteiger partial charge >= 0.3 is 0 Å². The van der Waals surface area contributed by atoms with Crippen LogP contribution in [0.3, 0.4) is 0 Å². The average Bonchev–Trinajstić information content (AvgIpc) is 3.13. The van der Waals surface area contributed by atoms with Crippen molar-refractivity contribution in [3.63, 3.8) is 0 Å². The lowest BCUT2D eigenvalue weighted by atomic mass is 10.2. The second-order valence-electron chi connectivity index (χ2n) is 5.52. The fourth-order valence-corrected chi connectivity index (χ4v) is 2.59. The summed E-state index contributed by atoms with van der Waals surface area (Å²) in [6.07, 6.45) is 0. The number of carbonyl (C=O) groups is 1. The summed E-state index contributed by atoms with van der Waals surface area (Å²) in [5.41, 5.74) is -0.289. The van der Waals surface area contributed by atoms with Crippen molar-refractivity contribution in [1.82, 2.24) is 0 Å². The van der Waals surface area contributed by atoms with Crippen LogP contribution in [0.4, 0.5) is 11.4 Å². The molecular formula is C18H12Cl2N2O6. The van der Waals surface area contributed by atoms with Crippen molar-refractivity contribution in [2.24, 2.45) is 0 Å². The van der Waals surface area contributed by atoms with Crippen LogP contribution in [0, 0.1) is 10.1 Å². The maximum absolute atomic E-state index is 12.2. The van der Waals surface area contributed by atoms with Crippen LogP contribution in [-0.2, 0) is 6.61 Å². The summed E-state index contributed by atoms with van der Waals surface area (Å²) < 4.78 is 10.9. The van der Waals surface area contributed by atoms with Crippen LogP contribution in [0.5, 0.6) is 11.5 Å². The van der Waals surface area contributed by atoms with Gasteiger partial charge in [0, 0.05) is 6.07 Å². The number of rotatable bonds is 6. The van der Waals surface area contributed by atoms with E-state index in [1.807, 2.05) is 0 Å². The van der Waals surface area contributed by atoms with Crippen molar-refractivity contribution in [2.45, 2.75) is 6.61 Å². The molecule has 0 spiro atoms. The first-order valence-electron chi connectivity index (χ1n) is 7.79. The number of nitro benzene ring substituents is 1. The Morgan fingerprint density at radius 2 is 2.00 bits per heavy atom. The molecule has 8 nitrogen and oxygen atoms in total. The quantitative estimate of drug-likeness (QED) is 0.326. The summed E-state index contributed by atoms with van der Waals surface area (Å²) in [5, 5.41) is 23.5. The number of nitrogens with zero attached hydrogens (tertiary/aromatic N) is 1. The Bertz CT molecular complexity index is 1050. The van der Waals surface area contributed by atoms with E-state index in [1.54, 1.807) is 24.3 Å². The second kappa shape index (κ2) is 8.20. The molecule has 0 fully saturated rings. The van der Waals surface area contributed by atoms with Gasteiger partial charge in [0.25, 0.3) is 11.6 Å². The van der Waals surface area contributed by atoms with Gasteiger partial charge in [0.05, 0.1) is 21.7 Å². The zero-order chi connectivity index (χ0) is 20.3. The Morgan fingerprint density at radius 1 is 1.21 bits per heavy atom. The molecule has 2 N–H and O–H groups in total. The molecule has 28 heavy (non-hydrogen) atoms. The van der Waals surface area contributed by atoms with Gasteiger partial charge in [-0.25, -0.2) is 0 Å². The number of nitrogens with one attached hydrogen (secondary N) is 1. The standard InChI is InChI=1S/C18H12Cl2N2O6/c19-12-2-1-3-15(17(12)20)27-9-11-5-7-16(28-11)18(24)21-13-6-4-10(22(25)26)8-14(13)23/h1-8,23H,9H2,(H,21,24). The van der Waals surface area contributed by atoms with E-state index in [4.69, 9.17) is 32.4 Å². The summed E-state index contributed by atoms with van der Waals surface area (Å²) >= 11 is 11.9. The molecule has 0 unspecified atom stereocenters. The molecule has 0 aliphatic rings. The number of carbonyl (C=O) groups excluding carboxylic acids is 1. The van der Waals surface area contributed by atoms with Crippen molar-refractivity contribution in [3.8, 4) is 11.5 Å². The van der Waals surface area contributed by atoms with Crippen LogP contribution in [-0.4, -0.2) is 15.9 Å². The lowest BCUT2D eigenvalue weighted by Gasteiger charge is -2.07. The van der Waals surface area contributed by atoms with Crippen LogP contribution >= 0.6 is 23.2 Å². The highest BCUT2D eigenvalue weighted by Gasteiger charge is 2.16. The first-order valence-corrected chi connectivity index (χ1v) is 8.55. The first kappa shape index (κ1) is 19.5. The molecule has 1 amide bonds. The molecule has 3 aromatic rings. The molecule has 2 aromatic carbocycles. The van der Waals surface area contributed by atoms with E-state index in [0.717, 1.165) is 12.1 Å². The Labute approximate surface area is 168 Å². The van der Waals surface area contributed by atoms with E-state index in [0.29, 0.717) is 16.5 Å². The number of furan rings is 1. The SMILES string of the molecule is O=C(Nc1ccc([N+](=O)[O-])cc1O)c1ccc(COc2cccc(Cl)c2Cl)o1. The third kappa shape index (κ3) is 4.36. The number of hydrogen-bond acceptors (Lipinski definition) is 6. The van der Waals surface area contributed by atoms with Crippen LogP contribution in [0.1, 0.15) is 16.3 Å². The highest BCUT2D eigenvalue weighted by Crippen LogP contribution is 2.32. The van der Waals surface area contributed by atoms with Gasteiger partial charge in [-0.15, -0.1) is 0 Å². The zero-order valence-corrected chi connectivity index (χ0v) is 15.5. The van der Waals surface area contributed by atoms with Crippen LogP contribution in [0.25, 0.3) is 0 Å². The third-order valence-electron chi connectivity index (χ3n) is 3.61. The molecule has 0 saturated heterocycles. The summed E-state index contributed by atoms with van der Waals surface area (Å²) in [6, 6.07) is 11.2. The van der Waals surface area contributed by atoms with Crippen LogP contribution in [0.15, 0.2) is 52.9 Å². The van der Waals surface area contributed by atoms with E-state index in [1.165, 1.54) is 12.1 Å². The maximum atomic E-state index is 12.2. The maximum Gasteiger partial charge on any atom is 0.291 e. The van der Waals surface area contributed by atoms with E-state index < -0.39 is 16.6 Å². The lowest BCUT2D eigenvalue weighted by Crippen LogP contribution is -2.11. The van der Waals surface area contributed by atoms with E-state index in [9.17, 15) is 20.0 Å². The number of aromatic hydroxyl groups is 1. The van der Waals surface area contributed by atoms with Crippen molar-refractivity contribution in [3.05, 3.63) is 80.2 Å². The van der Waals surface area contributed by atoms with Gasteiger partial charge in [0.1, 0.15) is 28.9 Å². The van der Waals surface area contributed by atoms with E-state index in [-0.39, 0.29) is 28.8 Å². The van der Waals surface area contributed by atoms with E-state index >= 15 is 0 Å². The predicted molar refractivity (Wildman–Crippen MR) is 102 cm³/mol. The molecule has 3 rings (SSSR count). The van der Waals surface area contributed by atoms with Gasteiger partial charge in [0.15, 0.2) is 5.76 Å². The number of phenolic OH excluding ortho intramolecular Hbond substituents is 1. The predicted octanol–water partition coefficient (Wildman–Crippen LogP) is 5.03. The summed E-state index contributed by atoms with van der Waals surface area (Å²) in [5.74, 6) is -0.389. The normalized spacial score (nSPS) is 10.5. The number of benzene rings is 2. The fourth-order valence-electron chi connectivity index (χ4n) is 2.25. The molecule has 0 saturated carbocycles. The minimum absolute atomic E-state index is 0.00973. The van der Waals surface area contributed by atoms with Gasteiger partial charge in [-0.3, -0.25) is 14.9 Å². The molecule has 0 bridgehead atoms. The van der Waals surface area contributed by atoms with Gasteiger partial charge in [-0.05, 0) is 30.3 Å². The number of ether oxygens (including phenoxy) is 1. The van der Waals surface area contributed by atoms with Crippen molar-refractivity contribution < 1.29 is 24.0 Å². The van der Waals surface area contributed by atoms with Crippen molar-refractivity contribution in [2.75, 3.05) is 5.32 Å². The van der Waals surface area contributed by atoms with Gasteiger partial charge in [-0.1, -0.05) is 29.3 Å². The Hall–Kier alpha value is -3.23. The number of amides is 1. The fraction of sp³-hybridized carbons (Fsp3) is 0.0556. The number of nitro groups is 1. The largest absolute Gasteiger partial charge is 0.506 e. The second-order valence-corrected chi connectivity index (χ2v) is 6.30. The highest BCUT2D eigenvalue weighted by molar-refractivity contribution is 6.42. The molecule has 0 radical (unpaired) electrons. The molecule has 0 aliphatic carbocycles. The summed E-state index contributed by atoms with van der Waals surface area (Å²) in [7, 11) is 0. The Kier molecular flexibility index (Phi) is 5.72. The number of non-ortho nitro benzene ring substituents is 1. The molecule has 10 heteroatoms. The third-order valence-corrected chi connectivity index (χ3v) is 4.41. The van der Waals surface area contributed by atoms with E-state index in [2.05, 4.69) is 5.32 Å². The molecule has 0 aliphatic heterocycles. The minimum Gasteiger partial charge on any atom is -0.506 e. The minimum atomic E-state index is -0.656. The molecule has 0 atom stereocenters. The topological polar surface area (TPSA) is 115 Å². The smallest absolute Gasteiger partial charge is 0.291 e. The molecule has 144 valence electrons. The number of hydrogen-bond donors (Lipinski definition) is 2. The van der Waals surface area contributed by atoms with Gasteiger partial charge in [-0.2, -0.15) is 0 Å². The molecular weight excluding hydrogens is 411 g/mol. The molecule has 1 aromatic heterocycles. The first-order chi connectivity index (χ1) is 13.3. The Balaban J connectivity index is 1.65. The monoisotopic (exact) mass is 422 g/mol. The number of phenols is 1. The summed E-state index contributed by atoms with van der Waals surface area (Å²) in [6.45, 7) is 0.0100. The van der Waals surface area contributed by atoms with Crippen LogP contribution in [0.2, 0.25) is 10.0 Å². The number of anilines is 1. The highest BCUT2D eigenvalue weighted by atomic mass is 35.5. The summed E-state index contributed by atoms with van der Waals surface area (Å²) in [4.78, 5) is 22.3. The van der Waals surface area contributed by atoms with Crippen molar-refractivity contribution in [1.29, 1.82) is 0 Å². The van der Waals surface area contributed by atoms with Crippen LogP contribution < -0.4 is 10.1 Å². The van der Waals surface area contributed by atoms with Gasteiger partial charge < -0.3 is 19.6 Å². The molecule has 1 heterocycles. The average molecular weight is 423 g/mol.